The van der Waals surface area contributed by atoms with E-state index >= 15 is 0 Å². The molecule has 0 atom stereocenters. The Hall–Kier alpha value is -0.780. The van der Waals surface area contributed by atoms with Crippen LogP contribution < -0.4 is 0 Å². The zero-order chi connectivity index (χ0) is 11.3. The van der Waals surface area contributed by atoms with Crippen LogP contribution >= 0.6 is 0 Å². The molecule has 1 saturated heterocycles. The molecule has 1 rings (SSSR count). The van der Waals surface area contributed by atoms with Gasteiger partial charge in [0.2, 0.25) is 0 Å². The number of halogens is 3. The Morgan fingerprint density at radius 1 is 1.33 bits per heavy atom. The van der Waals surface area contributed by atoms with Crippen molar-refractivity contribution >= 4 is 5.97 Å². The quantitative estimate of drug-likeness (QED) is 0.689. The normalized spacial score (nSPS) is 18.9. The van der Waals surface area contributed by atoms with E-state index in [0.29, 0.717) is 26.1 Å². The van der Waals surface area contributed by atoms with Crippen LogP contribution in [0, 0.1) is 5.92 Å². The number of rotatable bonds is 3. The Kier molecular flexibility index (Phi) is 4.38. The van der Waals surface area contributed by atoms with Crippen LogP contribution in [0.1, 0.15) is 19.3 Å². The van der Waals surface area contributed by atoms with Crippen LogP contribution in [-0.2, 0) is 14.3 Å². The number of carbonyl (C=O) groups excluding carboxylic acids is 1. The third-order valence-electron chi connectivity index (χ3n) is 2.19. The summed E-state index contributed by atoms with van der Waals surface area (Å²) in [5, 5.41) is 0. The molecule has 0 saturated carbocycles. The fourth-order valence-electron chi connectivity index (χ4n) is 1.41. The molecule has 0 aromatic heterocycles. The number of esters is 1. The van der Waals surface area contributed by atoms with E-state index in [2.05, 4.69) is 4.74 Å². The van der Waals surface area contributed by atoms with Crippen LogP contribution in [0.15, 0.2) is 0 Å². The fraction of sp³-hybridized carbons (Fsp3) is 0.889. The van der Waals surface area contributed by atoms with Gasteiger partial charge in [-0.3, -0.25) is 4.79 Å². The van der Waals surface area contributed by atoms with Gasteiger partial charge in [0.15, 0.2) is 6.61 Å². The van der Waals surface area contributed by atoms with Gasteiger partial charge in [0.05, 0.1) is 0 Å². The van der Waals surface area contributed by atoms with Crippen molar-refractivity contribution in [2.24, 2.45) is 5.92 Å². The summed E-state index contributed by atoms with van der Waals surface area (Å²) in [7, 11) is 0. The Labute approximate surface area is 85.5 Å². The summed E-state index contributed by atoms with van der Waals surface area (Å²) in [6.07, 6.45) is -2.97. The molecule has 88 valence electrons. The Balaban J connectivity index is 2.17. The third kappa shape index (κ3) is 5.61. The van der Waals surface area contributed by atoms with Gasteiger partial charge < -0.3 is 9.47 Å². The number of hydrogen-bond acceptors (Lipinski definition) is 3. The standard InChI is InChI=1S/C9H13F3O3/c10-9(11,12)6-15-8(13)5-7-1-3-14-4-2-7/h7H,1-6H2. The average molecular weight is 226 g/mol. The van der Waals surface area contributed by atoms with E-state index < -0.39 is 18.8 Å². The van der Waals surface area contributed by atoms with Gasteiger partial charge in [-0.25, -0.2) is 0 Å². The second-order valence-electron chi connectivity index (χ2n) is 3.54. The highest BCUT2D eigenvalue weighted by Gasteiger charge is 2.30. The van der Waals surface area contributed by atoms with Crippen molar-refractivity contribution in [3.63, 3.8) is 0 Å². The van der Waals surface area contributed by atoms with Crippen LogP contribution in [-0.4, -0.2) is 32.0 Å². The molecule has 0 unspecified atom stereocenters. The summed E-state index contributed by atoms with van der Waals surface area (Å²) >= 11 is 0. The minimum Gasteiger partial charge on any atom is -0.456 e. The summed E-state index contributed by atoms with van der Waals surface area (Å²) < 4.78 is 44.3. The first-order valence-electron chi connectivity index (χ1n) is 4.77. The predicted molar refractivity (Wildman–Crippen MR) is 45.2 cm³/mol. The molecule has 0 bridgehead atoms. The monoisotopic (exact) mass is 226 g/mol. The molecular formula is C9H13F3O3. The Bertz CT molecular complexity index is 209. The summed E-state index contributed by atoms with van der Waals surface area (Å²) in [5.41, 5.74) is 0. The summed E-state index contributed by atoms with van der Waals surface area (Å²) in [6, 6.07) is 0. The van der Waals surface area contributed by atoms with Crippen LogP contribution in [0.5, 0.6) is 0 Å². The van der Waals surface area contributed by atoms with Gasteiger partial charge in [0, 0.05) is 19.6 Å². The van der Waals surface area contributed by atoms with Crippen molar-refractivity contribution in [3.8, 4) is 0 Å². The molecule has 0 spiro atoms. The molecule has 1 aliphatic rings. The van der Waals surface area contributed by atoms with Gasteiger partial charge in [-0.15, -0.1) is 0 Å². The first kappa shape index (κ1) is 12.3. The van der Waals surface area contributed by atoms with E-state index in [1.54, 1.807) is 0 Å². The van der Waals surface area contributed by atoms with Crippen LogP contribution in [0.3, 0.4) is 0 Å². The van der Waals surface area contributed by atoms with E-state index in [1.165, 1.54) is 0 Å². The SMILES string of the molecule is O=C(CC1CCOCC1)OCC(F)(F)F. The molecule has 1 heterocycles. The zero-order valence-corrected chi connectivity index (χ0v) is 8.18. The first-order chi connectivity index (χ1) is 6.97. The molecule has 0 amide bonds. The first-order valence-corrected chi connectivity index (χ1v) is 4.77. The summed E-state index contributed by atoms with van der Waals surface area (Å²) in [5.74, 6) is -0.682. The maximum Gasteiger partial charge on any atom is 0.422 e. The van der Waals surface area contributed by atoms with Crippen LogP contribution in [0.2, 0.25) is 0 Å². The molecule has 6 heteroatoms. The van der Waals surface area contributed by atoms with Gasteiger partial charge in [-0.2, -0.15) is 13.2 Å². The summed E-state index contributed by atoms with van der Waals surface area (Å²) in [4.78, 5) is 11.0. The molecule has 1 aliphatic heterocycles. The lowest BCUT2D eigenvalue weighted by molar-refractivity contribution is -0.187. The largest absolute Gasteiger partial charge is 0.456 e. The van der Waals surface area contributed by atoms with Gasteiger partial charge in [-0.1, -0.05) is 0 Å². The molecule has 15 heavy (non-hydrogen) atoms. The maximum atomic E-state index is 11.7. The molecule has 0 aromatic carbocycles. The number of alkyl halides is 3. The molecule has 0 radical (unpaired) electrons. The second kappa shape index (κ2) is 5.34. The zero-order valence-electron chi connectivity index (χ0n) is 8.18. The topological polar surface area (TPSA) is 35.5 Å². The minimum atomic E-state index is -4.44. The number of hydrogen-bond donors (Lipinski definition) is 0. The van der Waals surface area contributed by atoms with Gasteiger partial charge in [0.1, 0.15) is 0 Å². The molecule has 0 N–H and O–H groups in total. The van der Waals surface area contributed by atoms with Crippen molar-refractivity contribution in [2.75, 3.05) is 19.8 Å². The van der Waals surface area contributed by atoms with Gasteiger partial charge in [0.25, 0.3) is 0 Å². The molecule has 0 aliphatic carbocycles. The lowest BCUT2D eigenvalue weighted by Crippen LogP contribution is -2.24. The average Bonchev–Trinajstić information content (AvgIpc) is 2.15. The fourth-order valence-corrected chi connectivity index (χ4v) is 1.41. The maximum absolute atomic E-state index is 11.7. The summed E-state index contributed by atoms with van der Waals surface area (Å²) in [6.45, 7) is -0.358. The second-order valence-corrected chi connectivity index (χ2v) is 3.54. The van der Waals surface area contributed by atoms with E-state index in [0.717, 1.165) is 0 Å². The highest BCUT2D eigenvalue weighted by atomic mass is 19.4. The van der Waals surface area contributed by atoms with Crippen LogP contribution in [0.25, 0.3) is 0 Å². The lowest BCUT2D eigenvalue weighted by atomic mass is 9.97. The highest BCUT2D eigenvalue weighted by molar-refractivity contribution is 5.69. The van der Waals surface area contributed by atoms with E-state index in [-0.39, 0.29) is 12.3 Å². The van der Waals surface area contributed by atoms with Crippen molar-refractivity contribution in [2.45, 2.75) is 25.4 Å². The lowest BCUT2D eigenvalue weighted by Gasteiger charge is -2.21. The van der Waals surface area contributed by atoms with Crippen molar-refractivity contribution < 1.29 is 27.4 Å². The predicted octanol–water partition coefficient (Wildman–Crippen LogP) is 1.91. The van der Waals surface area contributed by atoms with Crippen molar-refractivity contribution in [1.82, 2.24) is 0 Å². The molecule has 3 nitrogen and oxygen atoms in total. The molecule has 0 aromatic rings. The highest BCUT2D eigenvalue weighted by Crippen LogP contribution is 2.20. The van der Waals surface area contributed by atoms with E-state index in [1.807, 2.05) is 0 Å². The van der Waals surface area contributed by atoms with Crippen molar-refractivity contribution in [3.05, 3.63) is 0 Å². The van der Waals surface area contributed by atoms with Gasteiger partial charge >= 0.3 is 12.1 Å². The molecular weight excluding hydrogens is 213 g/mol. The number of carbonyl (C=O) groups is 1. The third-order valence-corrected chi connectivity index (χ3v) is 2.19. The Morgan fingerprint density at radius 2 is 1.93 bits per heavy atom. The van der Waals surface area contributed by atoms with Crippen LogP contribution in [0.4, 0.5) is 13.2 Å². The number of ether oxygens (including phenoxy) is 2. The van der Waals surface area contributed by atoms with E-state index in [9.17, 15) is 18.0 Å². The Morgan fingerprint density at radius 3 is 2.47 bits per heavy atom. The van der Waals surface area contributed by atoms with E-state index in [4.69, 9.17) is 4.74 Å². The smallest absolute Gasteiger partial charge is 0.422 e. The van der Waals surface area contributed by atoms with Crippen molar-refractivity contribution in [1.29, 1.82) is 0 Å². The van der Waals surface area contributed by atoms with Gasteiger partial charge in [-0.05, 0) is 18.8 Å². The minimum absolute atomic E-state index is 0.0550. The molecule has 1 fully saturated rings.